The van der Waals surface area contributed by atoms with E-state index in [1.165, 1.54) is 17.5 Å². The van der Waals surface area contributed by atoms with Gasteiger partial charge in [0.25, 0.3) is 0 Å². The number of carbonyl (C=O) groups excluding carboxylic acids is 1. The number of nitrogens with two attached hydrogens (primary N) is 1. The number of nitrogens with zero attached hydrogens (tertiary/aromatic N) is 1. The Morgan fingerprint density at radius 2 is 1.63 bits per heavy atom. The monoisotopic (exact) mass is 382 g/mol. The van der Waals surface area contributed by atoms with E-state index in [4.69, 9.17) is 15.7 Å². The summed E-state index contributed by atoms with van der Waals surface area (Å²) in [6.45, 7) is 17.5. The van der Waals surface area contributed by atoms with Crippen LogP contribution in [0.25, 0.3) is 0 Å². The largest absolute Gasteiger partial charge is 0.391 e. The van der Waals surface area contributed by atoms with Gasteiger partial charge in [0.2, 0.25) is 6.41 Å². The number of methoxy groups -OCH3 is 1. The number of anilines is 1. The van der Waals surface area contributed by atoms with Gasteiger partial charge in [-0.2, -0.15) is 0 Å². The van der Waals surface area contributed by atoms with E-state index in [-0.39, 0.29) is 5.60 Å². The minimum absolute atomic E-state index is 0.0417. The Labute approximate surface area is 166 Å². The van der Waals surface area contributed by atoms with Gasteiger partial charge in [0.15, 0.2) is 0 Å². The third-order valence-corrected chi connectivity index (χ3v) is 3.53. The Hall–Kier alpha value is -1.43. The van der Waals surface area contributed by atoms with E-state index in [1.54, 1.807) is 27.9 Å². The van der Waals surface area contributed by atoms with Crippen LogP contribution in [0.5, 0.6) is 0 Å². The highest BCUT2D eigenvalue weighted by atomic mass is 16.5. The summed E-state index contributed by atoms with van der Waals surface area (Å²) in [5, 5.41) is 9.64. The molecular formula is C22H42N2O3. The summed E-state index contributed by atoms with van der Waals surface area (Å²) in [5.74, 6) is 6.09. The van der Waals surface area contributed by atoms with Crippen molar-refractivity contribution in [2.75, 3.05) is 12.1 Å². The lowest BCUT2D eigenvalue weighted by Gasteiger charge is -2.14. The van der Waals surface area contributed by atoms with Crippen molar-refractivity contribution in [1.82, 2.24) is 0 Å². The lowest BCUT2D eigenvalue weighted by atomic mass is 10.0. The number of hydrogen-bond donors (Lipinski definition) is 2. The summed E-state index contributed by atoms with van der Waals surface area (Å²) in [7, 11) is 1.71. The minimum atomic E-state index is -0.500. The average molecular weight is 383 g/mol. The van der Waals surface area contributed by atoms with E-state index >= 15 is 0 Å². The summed E-state index contributed by atoms with van der Waals surface area (Å²) in [6.07, 6.45) is 2.97. The van der Waals surface area contributed by atoms with Crippen molar-refractivity contribution in [3.8, 4) is 0 Å². The molecule has 0 saturated carbocycles. The van der Waals surface area contributed by atoms with Crippen LogP contribution in [0.1, 0.15) is 85.8 Å². The van der Waals surface area contributed by atoms with Crippen LogP contribution in [-0.2, 0) is 16.0 Å². The summed E-state index contributed by atoms with van der Waals surface area (Å²) >= 11 is 0. The first-order chi connectivity index (χ1) is 12.3. The van der Waals surface area contributed by atoms with Gasteiger partial charge in [0.05, 0.1) is 16.9 Å². The van der Waals surface area contributed by atoms with Crippen molar-refractivity contribution < 1.29 is 14.6 Å². The predicted octanol–water partition coefficient (Wildman–Crippen LogP) is 4.81. The van der Waals surface area contributed by atoms with Crippen molar-refractivity contribution in [3.63, 3.8) is 0 Å². The quantitative estimate of drug-likeness (QED) is 0.333. The van der Waals surface area contributed by atoms with Crippen molar-refractivity contribution in [1.29, 1.82) is 0 Å². The highest BCUT2D eigenvalue weighted by molar-refractivity contribution is 5.74. The van der Waals surface area contributed by atoms with Crippen molar-refractivity contribution in [2.45, 2.75) is 92.3 Å². The maximum Gasteiger partial charge on any atom is 0.228 e. The van der Waals surface area contributed by atoms with Crippen molar-refractivity contribution >= 4 is 12.1 Å². The maximum atomic E-state index is 10.5. The average Bonchev–Trinajstić information content (AvgIpc) is 2.95. The zero-order valence-corrected chi connectivity index (χ0v) is 19.1. The number of fused-ring (bicyclic) bond motifs is 1. The first kappa shape index (κ1) is 27.8. The van der Waals surface area contributed by atoms with Crippen LogP contribution in [0.4, 0.5) is 5.69 Å². The van der Waals surface area contributed by atoms with Gasteiger partial charge in [0.1, 0.15) is 0 Å². The molecule has 27 heavy (non-hydrogen) atoms. The first-order valence-corrected chi connectivity index (χ1v) is 9.68. The number of benzene rings is 1. The highest BCUT2D eigenvalue weighted by Gasteiger charge is 2.19. The van der Waals surface area contributed by atoms with E-state index in [2.05, 4.69) is 13.0 Å². The van der Waals surface area contributed by atoms with Gasteiger partial charge in [0, 0.05) is 7.11 Å². The molecule has 0 aliphatic heterocycles. The topological polar surface area (TPSA) is 75.8 Å². The van der Waals surface area contributed by atoms with Crippen LogP contribution in [0.3, 0.4) is 0 Å². The molecule has 0 radical (unpaired) electrons. The van der Waals surface area contributed by atoms with Gasteiger partial charge in [-0.25, -0.2) is 5.84 Å². The van der Waals surface area contributed by atoms with Crippen LogP contribution in [-0.4, -0.2) is 29.8 Å². The van der Waals surface area contributed by atoms with E-state index in [1.807, 2.05) is 46.8 Å². The third-order valence-electron chi connectivity index (χ3n) is 3.53. The Kier molecular flexibility index (Phi) is 13.2. The Balaban J connectivity index is 0. The van der Waals surface area contributed by atoms with Crippen molar-refractivity contribution in [3.05, 3.63) is 29.3 Å². The summed E-state index contributed by atoms with van der Waals surface area (Å²) < 4.78 is 4.94. The second-order valence-electron chi connectivity index (χ2n) is 8.32. The van der Waals surface area contributed by atoms with Crippen LogP contribution in [0.2, 0.25) is 0 Å². The van der Waals surface area contributed by atoms with Gasteiger partial charge >= 0.3 is 0 Å². The molecule has 5 heteroatoms. The highest BCUT2D eigenvalue weighted by Crippen LogP contribution is 2.34. The minimum Gasteiger partial charge on any atom is -0.391 e. The third kappa shape index (κ3) is 14.3. The van der Waals surface area contributed by atoms with Crippen molar-refractivity contribution in [2.24, 2.45) is 5.84 Å². The molecule has 1 unspecified atom stereocenters. The lowest BCUT2D eigenvalue weighted by molar-refractivity contribution is -0.107. The SMILES string of the molecule is CC.CC(C)(C)O.CC1CCc2ccc(N(N)C=O)cc21.COC(C)(C)C. The van der Waals surface area contributed by atoms with Gasteiger partial charge in [-0.1, -0.05) is 26.8 Å². The van der Waals surface area contributed by atoms with E-state index < -0.39 is 5.60 Å². The number of hydrazine groups is 1. The number of aliphatic hydroxyl groups is 1. The van der Waals surface area contributed by atoms with Gasteiger partial charge < -0.3 is 9.84 Å². The maximum absolute atomic E-state index is 10.5. The number of aryl methyl sites for hydroxylation is 1. The summed E-state index contributed by atoms with van der Waals surface area (Å²) in [4.78, 5) is 10.5. The number of amides is 1. The molecule has 0 saturated heterocycles. The van der Waals surface area contributed by atoms with Crippen LogP contribution >= 0.6 is 0 Å². The number of carbonyl (C=O) groups is 1. The summed E-state index contributed by atoms with van der Waals surface area (Å²) in [6, 6.07) is 5.98. The smallest absolute Gasteiger partial charge is 0.228 e. The summed E-state index contributed by atoms with van der Waals surface area (Å²) in [5.41, 5.74) is 3.04. The molecule has 0 aromatic heterocycles. The molecule has 1 amide bonds. The number of hydrogen-bond acceptors (Lipinski definition) is 4. The standard InChI is InChI=1S/C11H14N2O.C5H12O.C4H10O.C2H6/c1-8-2-3-9-4-5-10(6-11(8)9)13(12)7-14;1-5(2,3)6-4;1-4(2,3)5;1-2/h4-8H,2-3,12H2,1H3;1-4H3;5H,1-3H3;1-2H3. The Bertz CT molecular complexity index is 525. The zero-order chi connectivity index (χ0) is 21.8. The molecule has 0 fully saturated rings. The molecular weight excluding hydrogens is 340 g/mol. The fourth-order valence-electron chi connectivity index (χ4n) is 2.02. The molecule has 1 aromatic carbocycles. The van der Waals surface area contributed by atoms with Gasteiger partial charge in [-0.05, 0) is 83.6 Å². The Morgan fingerprint density at radius 3 is 2.00 bits per heavy atom. The number of rotatable bonds is 2. The fraction of sp³-hybridized carbons (Fsp3) is 0.682. The van der Waals surface area contributed by atoms with Crippen LogP contribution in [0.15, 0.2) is 18.2 Å². The number of ether oxygens (including phenoxy) is 1. The molecule has 3 N–H and O–H groups in total. The normalized spacial score (nSPS) is 15.0. The predicted molar refractivity (Wildman–Crippen MR) is 116 cm³/mol. The fourth-order valence-corrected chi connectivity index (χ4v) is 2.02. The Morgan fingerprint density at radius 1 is 1.19 bits per heavy atom. The molecule has 158 valence electrons. The molecule has 2 rings (SSSR count). The molecule has 5 nitrogen and oxygen atoms in total. The molecule has 1 atom stereocenters. The van der Waals surface area contributed by atoms with E-state index in [0.29, 0.717) is 12.3 Å². The second-order valence-corrected chi connectivity index (χ2v) is 8.32. The van der Waals surface area contributed by atoms with Crippen LogP contribution < -0.4 is 10.9 Å². The lowest BCUT2D eigenvalue weighted by Crippen LogP contribution is -2.28. The molecule has 1 aliphatic carbocycles. The van der Waals surface area contributed by atoms with Crippen LogP contribution in [0, 0.1) is 0 Å². The van der Waals surface area contributed by atoms with E-state index in [0.717, 1.165) is 17.1 Å². The van der Waals surface area contributed by atoms with Gasteiger partial charge in [-0.3, -0.25) is 9.80 Å². The molecule has 1 aliphatic rings. The van der Waals surface area contributed by atoms with Gasteiger partial charge in [-0.15, -0.1) is 0 Å². The molecule has 0 spiro atoms. The molecule has 0 bridgehead atoms. The molecule has 0 heterocycles. The zero-order valence-electron chi connectivity index (χ0n) is 19.1. The molecule has 1 aromatic rings. The second kappa shape index (κ2) is 12.9. The van der Waals surface area contributed by atoms with E-state index in [9.17, 15) is 4.79 Å². The first-order valence-electron chi connectivity index (χ1n) is 9.68.